The van der Waals surface area contributed by atoms with Crippen molar-refractivity contribution in [3.8, 4) is 0 Å². The van der Waals surface area contributed by atoms with Crippen molar-refractivity contribution in [2.24, 2.45) is 0 Å². The molecule has 8 heteroatoms. The lowest BCUT2D eigenvalue weighted by Gasteiger charge is -2.32. The molecule has 0 atom stereocenters. The van der Waals surface area contributed by atoms with Gasteiger partial charge in [0.25, 0.3) is 11.6 Å². The summed E-state index contributed by atoms with van der Waals surface area (Å²) in [6.07, 6.45) is 0. The van der Waals surface area contributed by atoms with Gasteiger partial charge in [-0.1, -0.05) is 35.3 Å². The van der Waals surface area contributed by atoms with Gasteiger partial charge >= 0.3 is 0 Å². The Morgan fingerprint density at radius 3 is 2.46 bits per heavy atom. The second-order valence-corrected chi connectivity index (χ2v) is 7.14. The maximum absolute atomic E-state index is 12.7. The zero-order chi connectivity index (χ0) is 18.7. The van der Waals surface area contributed by atoms with E-state index >= 15 is 0 Å². The fourth-order valence-corrected chi connectivity index (χ4v) is 3.52. The van der Waals surface area contributed by atoms with Crippen molar-refractivity contribution in [2.75, 3.05) is 26.2 Å². The number of benzene rings is 2. The summed E-state index contributed by atoms with van der Waals surface area (Å²) >= 11 is 11.8. The smallest absolute Gasteiger partial charge is 0.283 e. The number of piperazine rings is 1. The van der Waals surface area contributed by atoms with Crippen molar-refractivity contribution in [3.63, 3.8) is 0 Å². The summed E-state index contributed by atoms with van der Waals surface area (Å²) in [6, 6.07) is 11.9. The molecule has 1 heterocycles. The van der Waals surface area contributed by atoms with Crippen LogP contribution in [0.3, 0.4) is 0 Å². The van der Waals surface area contributed by atoms with Crippen LogP contribution in [0.15, 0.2) is 42.5 Å². The van der Waals surface area contributed by atoms with Gasteiger partial charge in [0.1, 0.15) is 12.1 Å². The summed E-state index contributed by atoms with van der Waals surface area (Å²) in [5.74, 6) is -0.324. The Morgan fingerprint density at radius 2 is 1.81 bits per heavy atom. The van der Waals surface area contributed by atoms with Gasteiger partial charge in [0.15, 0.2) is 0 Å². The van der Waals surface area contributed by atoms with E-state index in [9.17, 15) is 14.9 Å². The zero-order valence-electron chi connectivity index (χ0n) is 14.0. The average molecular weight is 395 g/mol. The SMILES string of the molecule is O=C(c1ccc(Cl)cc1[N+](=O)[O-])N1CC[NH+](Cc2cccc(Cl)c2)CC1. The number of nitrogens with one attached hydrogen (secondary N) is 1. The predicted molar refractivity (Wildman–Crippen MR) is 99.9 cm³/mol. The molecule has 0 radical (unpaired) electrons. The Hall–Kier alpha value is -2.15. The van der Waals surface area contributed by atoms with Crippen molar-refractivity contribution in [1.82, 2.24) is 4.90 Å². The van der Waals surface area contributed by atoms with E-state index in [0.717, 1.165) is 25.2 Å². The monoisotopic (exact) mass is 394 g/mol. The van der Waals surface area contributed by atoms with Crippen molar-refractivity contribution < 1.29 is 14.6 Å². The molecular formula is C18H18Cl2N3O3+. The molecule has 0 aromatic heterocycles. The van der Waals surface area contributed by atoms with Gasteiger partial charge in [-0.15, -0.1) is 0 Å². The fraction of sp³-hybridized carbons (Fsp3) is 0.278. The highest BCUT2D eigenvalue weighted by Gasteiger charge is 2.29. The molecule has 1 aliphatic rings. The molecule has 6 nitrogen and oxygen atoms in total. The van der Waals surface area contributed by atoms with Crippen LogP contribution in [0.1, 0.15) is 15.9 Å². The number of rotatable bonds is 4. The van der Waals surface area contributed by atoms with E-state index in [-0.39, 0.29) is 22.2 Å². The molecule has 1 saturated heterocycles. The van der Waals surface area contributed by atoms with E-state index in [0.29, 0.717) is 18.1 Å². The van der Waals surface area contributed by atoms with Gasteiger partial charge in [-0.25, -0.2) is 0 Å². The van der Waals surface area contributed by atoms with E-state index in [2.05, 4.69) is 0 Å². The van der Waals surface area contributed by atoms with Crippen LogP contribution >= 0.6 is 23.2 Å². The summed E-state index contributed by atoms with van der Waals surface area (Å²) < 4.78 is 0. The minimum Gasteiger partial charge on any atom is -0.328 e. The topological polar surface area (TPSA) is 67.9 Å². The Balaban J connectivity index is 1.65. The van der Waals surface area contributed by atoms with Crippen LogP contribution in [-0.4, -0.2) is 41.9 Å². The molecule has 1 N–H and O–H groups in total. The zero-order valence-corrected chi connectivity index (χ0v) is 15.5. The normalized spacial score (nSPS) is 15.1. The number of hydrogen-bond donors (Lipinski definition) is 1. The lowest BCUT2D eigenvalue weighted by atomic mass is 10.1. The molecule has 2 aromatic carbocycles. The van der Waals surface area contributed by atoms with Gasteiger partial charge in [0.05, 0.1) is 31.1 Å². The van der Waals surface area contributed by atoms with Crippen LogP contribution in [-0.2, 0) is 6.54 Å². The third-order valence-corrected chi connectivity index (χ3v) is 4.96. The first-order valence-electron chi connectivity index (χ1n) is 8.25. The van der Waals surface area contributed by atoms with E-state index in [4.69, 9.17) is 23.2 Å². The van der Waals surface area contributed by atoms with E-state index in [1.807, 2.05) is 24.3 Å². The molecule has 0 unspecified atom stereocenters. The van der Waals surface area contributed by atoms with Crippen LogP contribution in [0.5, 0.6) is 0 Å². The first kappa shape index (κ1) is 18.6. The lowest BCUT2D eigenvalue weighted by molar-refractivity contribution is -0.917. The Kier molecular flexibility index (Phi) is 5.76. The van der Waals surface area contributed by atoms with Crippen molar-refractivity contribution in [1.29, 1.82) is 0 Å². The highest BCUT2D eigenvalue weighted by molar-refractivity contribution is 6.31. The number of nitro groups is 1. The third kappa shape index (κ3) is 4.33. The maximum Gasteiger partial charge on any atom is 0.283 e. The lowest BCUT2D eigenvalue weighted by Crippen LogP contribution is -3.13. The minimum atomic E-state index is -0.570. The van der Waals surface area contributed by atoms with Gasteiger partial charge in [0, 0.05) is 21.7 Å². The second kappa shape index (κ2) is 8.03. The van der Waals surface area contributed by atoms with Crippen LogP contribution in [0.25, 0.3) is 0 Å². The molecular weight excluding hydrogens is 377 g/mol. The summed E-state index contributed by atoms with van der Waals surface area (Å²) in [4.78, 5) is 26.3. The molecule has 3 rings (SSSR count). The van der Waals surface area contributed by atoms with Crippen molar-refractivity contribution in [2.45, 2.75) is 6.54 Å². The summed E-state index contributed by atoms with van der Waals surface area (Å²) in [5.41, 5.74) is 0.981. The van der Waals surface area contributed by atoms with Crippen LogP contribution in [0, 0.1) is 10.1 Å². The van der Waals surface area contributed by atoms with Gasteiger partial charge in [0.2, 0.25) is 0 Å². The Labute approximate surface area is 161 Å². The average Bonchev–Trinajstić information content (AvgIpc) is 2.62. The predicted octanol–water partition coefficient (Wildman–Crippen LogP) is 2.44. The van der Waals surface area contributed by atoms with Crippen molar-refractivity contribution in [3.05, 3.63) is 73.8 Å². The largest absolute Gasteiger partial charge is 0.328 e. The number of carbonyl (C=O) groups excluding carboxylic acids is 1. The summed E-state index contributed by atoms with van der Waals surface area (Å²) in [7, 11) is 0. The first-order valence-corrected chi connectivity index (χ1v) is 9.01. The van der Waals surface area contributed by atoms with Gasteiger partial charge in [-0.2, -0.15) is 0 Å². The van der Waals surface area contributed by atoms with E-state index in [1.54, 1.807) is 4.90 Å². The van der Waals surface area contributed by atoms with Crippen molar-refractivity contribution >= 4 is 34.8 Å². The Morgan fingerprint density at radius 1 is 1.12 bits per heavy atom. The summed E-state index contributed by atoms with van der Waals surface area (Å²) in [6.45, 7) is 3.49. The molecule has 0 bridgehead atoms. The number of carbonyl (C=O) groups is 1. The number of amides is 1. The maximum atomic E-state index is 12.7. The molecule has 1 fully saturated rings. The van der Waals surface area contributed by atoms with Gasteiger partial charge in [-0.3, -0.25) is 14.9 Å². The van der Waals surface area contributed by atoms with Crippen LogP contribution < -0.4 is 4.90 Å². The molecule has 0 saturated carbocycles. The van der Waals surface area contributed by atoms with Crippen LogP contribution in [0.2, 0.25) is 10.0 Å². The highest BCUT2D eigenvalue weighted by atomic mass is 35.5. The molecule has 0 aliphatic carbocycles. The Bertz CT molecular complexity index is 836. The van der Waals surface area contributed by atoms with Gasteiger partial charge < -0.3 is 9.80 Å². The fourth-order valence-electron chi connectivity index (χ4n) is 3.15. The second-order valence-electron chi connectivity index (χ2n) is 6.27. The quantitative estimate of drug-likeness (QED) is 0.639. The number of halogens is 2. The number of quaternary nitrogens is 1. The number of nitro benzene ring substituents is 1. The standard InChI is InChI=1S/C18H17Cl2N3O3/c19-14-3-1-2-13(10-14)12-21-6-8-22(9-7-21)18(24)16-5-4-15(20)11-17(16)23(25)26/h1-5,10-11H,6-9,12H2/p+1. The van der Waals surface area contributed by atoms with Gasteiger partial charge in [-0.05, 0) is 24.3 Å². The van der Waals surface area contributed by atoms with E-state index < -0.39 is 4.92 Å². The number of hydrogen-bond acceptors (Lipinski definition) is 3. The molecule has 136 valence electrons. The third-order valence-electron chi connectivity index (χ3n) is 4.49. The minimum absolute atomic E-state index is 0.0812. The highest BCUT2D eigenvalue weighted by Crippen LogP contribution is 2.24. The molecule has 1 aliphatic heterocycles. The molecule has 26 heavy (non-hydrogen) atoms. The first-order chi connectivity index (χ1) is 12.4. The molecule has 0 spiro atoms. The number of nitrogens with zero attached hydrogens (tertiary/aromatic N) is 2. The van der Waals surface area contributed by atoms with Crippen LogP contribution in [0.4, 0.5) is 5.69 Å². The summed E-state index contributed by atoms with van der Waals surface area (Å²) in [5, 5.41) is 12.2. The van der Waals surface area contributed by atoms with E-state index in [1.165, 1.54) is 23.1 Å². The molecule has 2 aromatic rings. The molecule has 1 amide bonds.